The first kappa shape index (κ1) is 14.9. The van der Waals surface area contributed by atoms with Crippen molar-refractivity contribution in [2.45, 2.75) is 58.8 Å². The molecule has 3 heteroatoms. The number of rotatable bonds is 9. The van der Waals surface area contributed by atoms with Crippen LogP contribution in [0.25, 0.3) is 0 Å². The van der Waals surface area contributed by atoms with E-state index in [0.29, 0.717) is 6.42 Å². The Bertz CT molecular complexity index is 222. The predicted octanol–water partition coefficient (Wildman–Crippen LogP) is 3.42. The number of hydrogen-bond acceptors (Lipinski definition) is 2. The third kappa shape index (κ3) is 11.0. The maximum absolute atomic E-state index is 11.2. The molecule has 0 aliphatic rings. The Labute approximate surface area is 99.0 Å². The van der Waals surface area contributed by atoms with Crippen molar-refractivity contribution in [2.75, 3.05) is 0 Å². The number of hydrazone groups is 1. The van der Waals surface area contributed by atoms with Crippen molar-refractivity contribution in [2.24, 2.45) is 5.10 Å². The summed E-state index contributed by atoms with van der Waals surface area (Å²) >= 11 is 0. The Hall–Kier alpha value is -1.12. The number of amides is 1. The zero-order chi connectivity index (χ0) is 12.1. The first-order valence-electron chi connectivity index (χ1n) is 6.24. The molecule has 0 spiro atoms. The standard InChI is InChI=1S/C13H24N2O/c1-3-5-7-8-9-10-11-13(16)15-14-12-6-4-2/h4,6,12H,3,5,7-11H2,1-2H3,(H,15,16)/b6-4+,14-12+. The molecule has 0 saturated heterocycles. The molecule has 1 amide bonds. The van der Waals surface area contributed by atoms with Gasteiger partial charge in [0.25, 0.3) is 0 Å². The molecule has 0 aromatic carbocycles. The fourth-order valence-electron chi connectivity index (χ4n) is 1.36. The Balaban J connectivity index is 3.30. The van der Waals surface area contributed by atoms with Crippen LogP contribution < -0.4 is 5.43 Å². The van der Waals surface area contributed by atoms with E-state index in [1.807, 2.05) is 13.0 Å². The van der Waals surface area contributed by atoms with Crippen molar-refractivity contribution in [3.8, 4) is 0 Å². The van der Waals surface area contributed by atoms with Gasteiger partial charge in [0.15, 0.2) is 0 Å². The molecule has 0 atom stereocenters. The van der Waals surface area contributed by atoms with Crippen LogP contribution in [0.15, 0.2) is 17.3 Å². The number of unbranched alkanes of at least 4 members (excludes halogenated alkanes) is 5. The largest absolute Gasteiger partial charge is 0.273 e. The van der Waals surface area contributed by atoms with Crippen LogP contribution >= 0.6 is 0 Å². The number of carbonyl (C=O) groups excluding carboxylic acids is 1. The van der Waals surface area contributed by atoms with Crippen LogP contribution in [0.3, 0.4) is 0 Å². The van der Waals surface area contributed by atoms with E-state index in [1.165, 1.54) is 25.7 Å². The quantitative estimate of drug-likeness (QED) is 0.364. The summed E-state index contributed by atoms with van der Waals surface area (Å²) in [7, 11) is 0. The molecule has 92 valence electrons. The van der Waals surface area contributed by atoms with Crippen LogP contribution in [0.1, 0.15) is 58.8 Å². The highest BCUT2D eigenvalue weighted by molar-refractivity contribution is 5.78. The second-order valence-electron chi connectivity index (χ2n) is 3.86. The van der Waals surface area contributed by atoms with Crippen molar-refractivity contribution >= 4 is 12.1 Å². The fraction of sp³-hybridized carbons (Fsp3) is 0.692. The zero-order valence-corrected chi connectivity index (χ0v) is 10.5. The third-order valence-electron chi connectivity index (χ3n) is 2.30. The van der Waals surface area contributed by atoms with Crippen LogP contribution in [0.4, 0.5) is 0 Å². The predicted molar refractivity (Wildman–Crippen MR) is 69.4 cm³/mol. The Morgan fingerprint density at radius 3 is 2.56 bits per heavy atom. The molecular weight excluding hydrogens is 200 g/mol. The van der Waals surface area contributed by atoms with Gasteiger partial charge in [-0.25, -0.2) is 5.43 Å². The van der Waals surface area contributed by atoms with Crippen molar-refractivity contribution in [1.29, 1.82) is 0 Å². The molecule has 0 aliphatic heterocycles. The molecular formula is C13H24N2O. The average Bonchev–Trinajstić information content (AvgIpc) is 2.29. The molecule has 0 aliphatic carbocycles. The maximum atomic E-state index is 11.2. The van der Waals surface area contributed by atoms with E-state index in [4.69, 9.17) is 0 Å². The Morgan fingerprint density at radius 2 is 1.88 bits per heavy atom. The van der Waals surface area contributed by atoms with Crippen molar-refractivity contribution in [1.82, 2.24) is 5.43 Å². The third-order valence-corrected chi connectivity index (χ3v) is 2.30. The first-order chi connectivity index (χ1) is 7.81. The second kappa shape index (κ2) is 12.0. The van der Waals surface area contributed by atoms with Crippen molar-refractivity contribution < 1.29 is 4.79 Å². The summed E-state index contributed by atoms with van der Waals surface area (Å²) in [5.41, 5.74) is 2.50. The first-order valence-corrected chi connectivity index (χ1v) is 6.24. The summed E-state index contributed by atoms with van der Waals surface area (Å²) in [5.74, 6) is 0.0104. The molecule has 0 aromatic rings. The van der Waals surface area contributed by atoms with Gasteiger partial charge >= 0.3 is 0 Å². The minimum atomic E-state index is 0.0104. The highest BCUT2D eigenvalue weighted by Crippen LogP contribution is 2.06. The zero-order valence-electron chi connectivity index (χ0n) is 10.5. The number of allylic oxidation sites excluding steroid dienone is 2. The molecule has 0 aromatic heterocycles. The fourth-order valence-corrected chi connectivity index (χ4v) is 1.36. The summed E-state index contributed by atoms with van der Waals surface area (Å²) in [6.07, 6.45) is 13.0. The van der Waals surface area contributed by atoms with Crippen LogP contribution in [0.2, 0.25) is 0 Å². The number of hydrogen-bond donors (Lipinski definition) is 1. The van der Waals surface area contributed by atoms with Crippen LogP contribution in [-0.4, -0.2) is 12.1 Å². The van der Waals surface area contributed by atoms with Gasteiger partial charge in [0.1, 0.15) is 0 Å². The Kier molecular flexibility index (Phi) is 11.1. The van der Waals surface area contributed by atoms with E-state index >= 15 is 0 Å². The molecule has 0 heterocycles. The van der Waals surface area contributed by atoms with E-state index in [2.05, 4.69) is 17.5 Å². The van der Waals surface area contributed by atoms with Crippen LogP contribution in [0.5, 0.6) is 0 Å². The molecule has 1 N–H and O–H groups in total. The van der Waals surface area contributed by atoms with Gasteiger partial charge in [0.2, 0.25) is 5.91 Å². The lowest BCUT2D eigenvalue weighted by Gasteiger charge is -2.00. The monoisotopic (exact) mass is 224 g/mol. The number of nitrogens with one attached hydrogen (secondary N) is 1. The van der Waals surface area contributed by atoms with E-state index in [1.54, 1.807) is 12.3 Å². The van der Waals surface area contributed by atoms with E-state index in [-0.39, 0.29) is 5.91 Å². The van der Waals surface area contributed by atoms with Gasteiger partial charge in [0.05, 0.1) is 0 Å². The summed E-state index contributed by atoms with van der Waals surface area (Å²) in [5, 5.41) is 3.78. The molecule has 0 rings (SSSR count). The summed E-state index contributed by atoms with van der Waals surface area (Å²) in [6.45, 7) is 4.11. The maximum Gasteiger partial charge on any atom is 0.240 e. The van der Waals surface area contributed by atoms with E-state index in [0.717, 1.165) is 12.8 Å². The molecule has 0 radical (unpaired) electrons. The van der Waals surface area contributed by atoms with Crippen molar-refractivity contribution in [3.63, 3.8) is 0 Å². The minimum Gasteiger partial charge on any atom is -0.273 e. The van der Waals surface area contributed by atoms with Gasteiger partial charge in [0, 0.05) is 12.6 Å². The normalized spacial score (nSPS) is 11.4. The SMILES string of the molecule is C/C=C/C=N/NC(=O)CCCCCCCC. The average molecular weight is 224 g/mol. The van der Waals surface area contributed by atoms with Gasteiger partial charge in [-0.2, -0.15) is 5.10 Å². The van der Waals surface area contributed by atoms with Gasteiger partial charge in [-0.3, -0.25) is 4.79 Å². The smallest absolute Gasteiger partial charge is 0.240 e. The molecule has 0 fully saturated rings. The molecule has 0 unspecified atom stereocenters. The lowest BCUT2D eigenvalue weighted by atomic mass is 10.1. The van der Waals surface area contributed by atoms with Gasteiger partial charge in [-0.15, -0.1) is 0 Å². The summed E-state index contributed by atoms with van der Waals surface area (Å²) in [6, 6.07) is 0. The highest BCUT2D eigenvalue weighted by atomic mass is 16.2. The lowest BCUT2D eigenvalue weighted by Crippen LogP contribution is -2.16. The van der Waals surface area contributed by atoms with Crippen LogP contribution in [0, 0.1) is 0 Å². The highest BCUT2D eigenvalue weighted by Gasteiger charge is 1.98. The van der Waals surface area contributed by atoms with E-state index in [9.17, 15) is 4.79 Å². The summed E-state index contributed by atoms with van der Waals surface area (Å²) < 4.78 is 0. The number of nitrogens with zero attached hydrogens (tertiary/aromatic N) is 1. The van der Waals surface area contributed by atoms with Gasteiger partial charge in [-0.05, 0) is 19.4 Å². The van der Waals surface area contributed by atoms with Gasteiger partial charge in [-0.1, -0.05) is 45.1 Å². The van der Waals surface area contributed by atoms with E-state index < -0.39 is 0 Å². The number of carbonyl (C=O) groups is 1. The summed E-state index contributed by atoms with van der Waals surface area (Å²) in [4.78, 5) is 11.2. The minimum absolute atomic E-state index is 0.0104. The lowest BCUT2D eigenvalue weighted by molar-refractivity contribution is -0.121. The molecule has 0 bridgehead atoms. The molecule has 16 heavy (non-hydrogen) atoms. The van der Waals surface area contributed by atoms with Crippen molar-refractivity contribution in [3.05, 3.63) is 12.2 Å². The second-order valence-corrected chi connectivity index (χ2v) is 3.86. The van der Waals surface area contributed by atoms with Gasteiger partial charge < -0.3 is 0 Å². The Morgan fingerprint density at radius 1 is 1.19 bits per heavy atom. The molecule has 0 saturated carbocycles. The topological polar surface area (TPSA) is 41.5 Å². The van der Waals surface area contributed by atoms with Crippen LogP contribution in [-0.2, 0) is 4.79 Å². The molecule has 3 nitrogen and oxygen atoms in total.